The maximum absolute atomic E-state index is 12.5. The molecule has 0 bridgehead atoms. The zero-order valence-electron chi connectivity index (χ0n) is 16.3. The van der Waals surface area contributed by atoms with Gasteiger partial charge < -0.3 is 14.6 Å². The number of aromatic nitrogens is 1. The standard InChI is InChI=1S/C22H22N2O4S/c1-15-7-3-4-8-17(15)12-23-21(25)13-27-22(26)19-9-5-6-10-20(19)29-14-18-11-16(2)24-28-18/h3-11H,12-14H2,1-2H3,(H,23,25). The molecule has 6 nitrogen and oxygen atoms in total. The van der Waals surface area contributed by atoms with E-state index in [4.69, 9.17) is 9.26 Å². The largest absolute Gasteiger partial charge is 0.452 e. The van der Waals surface area contributed by atoms with Gasteiger partial charge in [0.05, 0.1) is 17.0 Å². The first-order valence-corrected chi connectivity index (χ1v) is 10.1. The van der Waals surface area contributed by atoms with E-state index in [1.54, 1.807) is 12.1 Å². The van der Waals surface area contributed by atoms with Crippen LogP contribution in [0.1, 0.15) is 32.9 Å². The number of aryl methyl sites for hydroxylation is 2. The van der Waals surface area contributed by atoms with Crippen LogP contribution in [0, 0.1) is 13.8 Å². The molecule has 1 heterocycles. The van der Waals surface area contributed by atoms with E-state index in [1.807, 2.05) is 56.3 Å². The van der Waals surface area contributed by atoms with Crippen LogP contribution in [0.4, 0.5) is 0 Å². The number of carbonyl (C=O) groups excluding carboxylic acids is 2. The molecule has 1 amide bonds. The van der Waals surface area contributed by atoms with Crippen LogP contribution in [-0.4, -0.2) is 23.6 Å². The molecular weight excluding hydrogens is 388 g/mol. The molecule has 3 rings (SSSR count). The SMILES string of the molecule is Cc1cc(CSc2ccccc2C(=O)OCC(=O)NCc2ccccc2C)on1. The average Bonchev–Trinajstić information content (AvgIpc) is 3.15. The van der Waals surface area contributed by atoms with Crippen molar-refractivity contribution in [2.45, 2.75) is 31.0 Å². The van der Waals surface area contributed by atoms with E-state index < -0.39 is 5.97 Å². The first-order valence-electron chi connectivity index (χ1n) is 9.15. The van der Waals surface area contributed by atoms with Crippen LogP contribution in [0.15, 0.2) is 64.0 Å². The first-order chi connectivity index (χ1) is 14.0. The van der Waals surface area contributed by atoms with Crippen LogP contribution in [0.2, 0.25) is 0 Å². The smallest absolute Gasteiger partial charge is 0.339 e. The minimum Gasteiger partial charge on any atom is -0.452 e. The van der Waals surface area contributed by atoms with Gasteiger partial charge in [0.1, 0.15) is 5.76 Å². The Kier molecular flexibility index (Phi) is 7.08. The minimum atomic E-state index is -0.534. The third kappa shape index (κ3) is 5.96. The molecule has 1 N–H and O–H groups in total. The molecule has 2 aromatic carbocycles. The van der Waals surface area contributed by atoms with E-state index in [2.05, 4.69) is 10.5 Å². The van der Waals surface area contributed by atoms with Crippen molar-refractivity contribution in [3.63, 3.8) is 0 Å². The highest BCUT2D eigenvalue weighted by atomic mass is 32.2. The number of hydrogen-bond acceptors (Lipinski definition) is 6. The molecule has 29 heavy (non-hydrogen) atoms. The number of carbonyl (C=O) groups is 2. The Morgan fingerprint density at radius 2 is 1.86 bits per heavy atom. The zero-order chi connectivity index (χ0) is 20.6. The van der Waals surface area contributed by atoms with Crippen molar-refractivity contribution in [3.05, 3.63) is 82.7 Å². The predicted molar refractivity (Wildman–Crippen MR) is 111 cm³/mol. The van der Waals surface area contributed by atoms with Gasteiger partial charge in [-0.15, -0.1) is 11.8 Å². The Morgan fingerprint density at radius 3 is 2.62 bits per heavy atom. The molecule has 0 aliphatic rings. The lowest BCUT2D eigenvalue weighted by Crippen LogP contribution is -2.28. The van der Waals surface area contributed by atoms with E-state index in [0.717, 1.165) is 27.5 Å². The Labute approximate surface area is 173 Å². The highest BCUT2D eigenvalue weighted by Crippen LogP contribution is 2.27. The Bertz CT molecular complexity index is 1000. The summed E-state index contributed by atoms with van der Waals surface area (Å²) in [6.45, 7) is 3.90. The van der Waals surface area contributed by atoms with Crippen molar-refractivity contribution < 1.29 is 18.8 Å². The van der Waals surface area contributed by atoms with Crippen molar-refractivity contribution in [2.75, 3.05) is 6.61 Å². The molecule has 0 saturated carbocycles. The fourth-order valence-corrected chi connectivity index (χ4v) is 3.57. The summed E-state index contributed by atoms with van der Waals surface area (Å²) in [5, 5.41) is 6.63. The van der Waals surface area contributed by atoms with Gasteiger partial charge in [-0.2, -0.15) is 0 Å². The fraction of sp³-hybridized carbons (Fsp3) is 0.227. The topological polar surface area (TPSA) is 81.4 Å². The van der Waals surface area contributed by atoms with Crippen molar-refractivity contribution in [1.82, 2.24) is 10.5 Å². The highest BCUT2D eigenvalue weighted by Gasteiger charge is 2.15. The number of hydrogen-bond donors (Lipinski definition) is 1. The quantitative estimate of drug-likeness (QED) is 0.446. The van der Waals surface area contributed by atoms with Crippen LogP contribution in [0.3, 0.4) is 0 Å². The summed E-state index contributed by atoms with van der Waals surface area (Å²) in [7, 11) is 0. The lowest BCUT2D eigenvalue weighted by atomic mass is 10.1. The minimum absolute atomic E-state index is 0.328. The van der Waals surface area contributed by atoms with E-state index >= 15 is 0 Å². The molecule has 3 aromatic rings. The fourth-order valence-electron chi connectivity index (χ4n) is 2.66. The van der Waals surface area contributed by atoms with Gasteiger partial charge in [-0.05, 0) is 37.1 Å². The molecule has 0 atom stereocenters. The van der Waals surface area contributed by atoms with Crippen LogP contribution < -0.4 is 5.32 Å². The summed E-state index contributed by atoms with van der Waals surface area (Å²) in [5.74, 6) is 0.394. The Hall–Kier alpha value is -3.06. The van der Waals surface area contributed by atoms with Gasteiger partial charge in [-0.3, -0.25) is 4.79 Å². The average molecular weight is 410 g/mol. The summed E-state index contributed by atoms with van der Waals surface area (Å²) >= 11 is 1.45. The second-order valence-electron chi connectivity index (χ2n) is 6.50. The van der Waals surface area contributed by atoms with Crippen molar-refractivity contribution in [2.24, 2.45) is 0 Å². The third-order valence-electron chi connectivity index (χ3n) is 4.23. The Morgan fingerprint density at radius 1 is 1.10 bits per heavy atom. The van der Waals surface area contributed by atoms with Gasteiger partial charge >= 0.3 is 5.97 Å². The molecule has 150 valence electrons. The first kappa shape index (κ1) is 20.7. The normalized spacial score (nSPS) is 10.6. The third-order valence-corrected chi connectivity index (χ3v) is 5.32. The summed E-state index contributed by atoms with van der Waals surface area (Å²) in [6.07, 6.45) is 0. The number of rotatable bonds is 8. The molecular formula is C22H22N2O4S. The Balaban J connectivity index is 1.52. The maximum Gasteiger partial charge on any atom is 0.339 e. The molecule has 0 unspecified atom stereocenters. The molecule has 1 aromatic heterocycles. The molecule has 0 saturated heterocycles. The second-order valence-corrected chi connectivity index (χ2v) is 7.52. The summed E-state index contributed by atoms with van der Waals surface area (Å²) in [5.41, 5.74) is 3.35. The van der Waals surface area contributed by atoms with E-state index in [0.29, 0.717) is 17.9 Å². The molecule has 0 radical (unpaired) electrons. The lowest BCUT2D eigenvalue weighted by molar-refractivity contribution is -0.124. The van der Waals surface area contributed by atoms with E-state index in [-0.39, 0.29) is 12.5 Å². The maximum atomic E-state index is 12.5. The summed E-state index contributed by atoms with van der Waals surface area (Å²) < 4.78 is 10.4. The summed E-state index contributed by atoms with van der Waals surface area (Å²) in [6, 6.07) is 16.8. The van der Waals surface area contributed by atoms with Crippen LogP contribution in [0.5, 0.6) is 0 Å². The van der Waals surface area contributed by atoms with Gasteiger partial charge in [0, 0.05) is 17.5 Å². The van der Waals surface area contributed by atoms with Crippen molar-refractivity contribution >= 4 is 23.6 Å². The van der Waals surface area contributed by atoms with E-state index in [1.165, 1.54) is 11.8 Å². The molecule has 0 fully saturated rings. The van der Waals surface area contributed by atoms with Crippen molar-refractivity contribution in [1.29, 1.82) is 0 Å². The van der Waals surface area contributed by atoms with Gasteiger partial charge in [-0.25, -0.2) is 4.79 Å². The van der Waals surface area contributed by atoms with Gasteiger partial charge in [0.2, 0.25) is 0 Å². The highest BCUT2D eigenvalue weighted by molar-refractivity contribution is 7.98. The van der Waals surface area contributed by atoms with Crippen LogP contribution >= 0.6 is 11.8 Å². The molecule has 0 aliphatic heterocycles. The van der Waals surface area contributed by atoms with Gasteiger partial charge in [0.25, 0.3) is 5.91 Å². The van der Waals surface area contributed by atoms with Gasteiger partial charge in [-0.1, -0.05) is 41.6 Å². The number of ether oxygens (including phenoxy) is 1. The number of nitrogens with zero attached hydrogens (tertiary/aromatic N) is 1. The number of benzene rings is 2. The second kappa shape index (κ2) is 9.93. The molecule has 0 spiro atoms. The van der Waals surface area contributed by atoms with E-state index in [9.17, 15) is 9.59 Å². The zero-order valence-corrected chi connectivity index (χ0v) is 17.1. The lowest BCUT2D eigenvalue weighted by Gasteiger charge is -2.10. The van der Waals surface area contributed by atoms with Crippen LogP contribution in [0.25, 0.3) is 0 Å². The van der Waals surface area contributed by atoms with Gasteiger partial charge in [0.15, 0.2) is 6.61 Å². The monoisotopic (exact) mass is 410 g/mol. The number of thioether (sulfide) groups is 1. The number of amides is 1. The van der Waals surface area contributed by atoms with Crippen molar-refractivity contribution in [3.8, 4) is 0 Å². The summed E-state index contributed by atoms with van der Waals surface area (Å²) in [4.78, 5) is 25.3. The molecule has 7 heteroatoms. The van der Waals surface area contributed by atoms with Crippen LogP contribution in [-0.2, 0) is 21.8 Å². The number of nitrogens with one attached hydrogen (secondary N) is 1. The molecule has 0 aliphatic carbocycles. The predicted octanol–water partition coefficient (Wildman–Crippen LogP) is 4.06. The number of esters is 1.